The second-order valence-corrected chi connectivity index (χ2v) is 6.77. The maximum Gasteiger partial charge on any atom is 0.233 e. The maximum atomic E-state index is 13.1. The summed E-state index contributed by atoms with van der Waals surface area (Å²) in [6.45, 7) is 0.681. The van der Waals surface area contributed by atoms with Crippen LogP contribution >= 0.6 is 0 Å². The van der Waals surface area contributed by atoms with Gasteiger partial charge in [0.1, 0.15) is 0 Å². The molecule has 1 aromatic rings. The number of aromatic nitrogens is 4. The third-order valence-electron chi connectivity index (χ3n) is 5.17. The van der Waals surface area contributed by atoms with Crippen LogP contribution in [0.25, 0.3) is 0 Å². The number of tetrazole rings is 1. The zero-order valence-corrected chi connectivity index (χ0v) is 13.7. The molecule has 0 radical (unpaired) electrons. The zero-order chi connectivity index (χ0) is 16.9. The number of hydroxylamine groups is 2. The van der Waals surface area contributed by atoms with E-state index in [2.05, 4.69) is 20.6 Å². The quantitative estimate of drug-likeness (QED) is 0.434. The monoisotopic (exact) mass is 336 g/mol. The lowest BCUT2D eigenvalue weighted by molar-refractivity contribution is -0.157. The van der Waals surface area contributed by atoms with Gasteiger partial charge in [-0.1, -0.05) is 30.9 Å². The summed E-state index contributed by atoms with van der Waals surface area (Å²) in [4.78, 5) is 25.6. The van der Waals surface area contributed by atoms with Crippen molar-refractivity contribution in [3.05, 3.63) is 5.82 Å². The van der Waals surface area contributed by atoms with Crippen LogP contribution in [0.1, 0.15) is 56.8 Å². The Morgan fingerprint density at radius 1 is 1.38 bits per heavy atom. The molecule has 2 heterocycles. The number of aromatic amines is 1. The first-order valence-electron chi connectivity index (χ1n) is 8.63. The number of rotatable bonds is 7. The molecule has 9 nitrogen and oxygen atoms in total. The number of nitrogens with one attached hydrogen (secondary N) is 1. The van der Waals surface area contributed by atoms with Crippen molar-refractivity contribution in [2.75, 3.05) is 13.1 Å². The number of amides is 2. The van der Waals surface area contributed by atoms with Crippen molar-refractivity contribution in [2.24, 2.45) is 11.8 Å². The predicted molar refractivity (Wildman–Crippen MR) is 82.5 cm³/mol. The molecule has 3 rings (SSSR count). The number of likely N-dealkylation sites (tertiary alicyclic amines) is 1. The van der Waals surface area contributed by atoms with E-state index in [1.807, 2.05) is 0 Å². The second kappa shape index (κ2) is 7.69. The number of hydrogen-bond acceptors (Lipinski definition) is 6. The highest BCUT2D eigenvalue weighted by molar-refractivity contribution is 5.80. The molecule has 1 saturated heterocycles. The summed E-state index contributed by atoms with van der Waals surface area (Å²) in [5.74, 6) is 0.591. The van der Waals surface area contributed by atoms with Crippen LogP contribution < -0.4 is 0 Å². The molecule has 132 valence electrons. The Kier molecular flexibility index (Phi) is 5.39. The molecular weight excluding hydrogens is 312 g/mol. The molecule has 24 heavy (non-hydrogen) atoms. The van der Waals surface area contributed by atoms with Crippen LogP contribution in [0.3, 0.4) is 0 Å². The molecule has 2 unspecified atom stereocenters. The van der Waals surface area contributed by atoms with E-state index in [-0.39, 0.29) is 18.5 Å². The third-order valence-corrected chi connectivity index (χ3v) is 5.17. The van der Waals surface area contributed by atoms with Gasteiger partial charge in [0.2, 0.25) is 12.3 Å². The van der Waals surface area contributed by atoms with Crippen molar-refractivity contribution < 1.29 is 14.8 Å². The fraction of sp³-hybridized carbons (Fsp3) is 0.800. The van der Waals surface area contributed by atoms with Crippen LogP contribution in [-0.4, -0.2) is 61.2 Å². The van der Waals surface area contributed by atoms with Crippen LogP contribution in [0.4, 0.5) is 0 Å². The van der Waals surface area contributed by atoms with E-state index in [1.54, 1.807) is 4.90 Å². The normalized spacial score (nSPS) is 22.7. The Balaban J connectivity index is 1.72. The standard InChI is InChI=1S/C15H24N6O3/c22-10-20(24)9-12(8-11-4-1-2-5-11)15(23)21-7-3-6-13(21)14-16-18-19-17-14/h10-13,24H,1-9H2,(H,16,17,18,19). The first-order valence-corrected chi connectivity index (χ1v) is 8.63. The minimum absolute atomic E-state index is 0.0323. The maximum absolute atomic E-state index is 13.1. The first kappa shape index (κ1) is 16.8. The van der Waals surface area contributed by atoms with Gasteiger partial charge in [0.25, 0.3) is 0 Å². The van der Waals surface area contributed by atoms with E-state index in [0.717, 1.165) is 25.7 Å². The van der Waals surface area contributed by atoms with Crippen LogP contribution in [-0.2, 0) is 9.59 Å². The fourth-order valence-corrected chi connectivity index (χ4v) is 4.01. The average molecular weight is 336 g/mol. The molecule has 2 N–H and O–H groups in total. The molecule has 0 spiro atoms. The van der Waals surface area contributed by atoms with Gasteiger partial charge in [0.15, 0.2) is 5.82 Å². The molecule has 2 aliphatic rings. The summed E-state index contributed by atoms with van der Waals surface area (Å²) in [7, 11) is 0. The van der Waals surface area contributed by atoms with Crippen molar-refractivity contribution in [1.29, 1.82) is 0 Å². The molecule has 1 aliphatic heterocycles. The highest BCUT2D eigenvalue weighted by atomic mass is 16.5. The predicted octanol–water partition coefficient (Wildman–Crippen LogP) is 0.907. The molecule has 2 amide bonds. The van der Waals surface area contributed by atoms with Crippen molar-refractivity contribution in [3.63, 3.8) is 0 Å². The minimum Gasteiger partial charge on any atom is -0.332 e. The topological polar surface area (TPSA) is 115 Å². The Bertz CT molecular complexity index is 545. The van der Waals surface area contributed by atoms with E-state index in [1.165, 1.54) is 12.8 Å². The van der Waals surface area contributed by atoms with Gasteiger partial charge in [-0.15, -0.1) is 10.2 Å². The Hall–Kier alpha value is -2.03. The average Bonchev–Trinajstić information content (AvgIpc) is 3.33. The van der Waals surface area contributed by atoms with Gasteiger partial charge in [0, 0.05) is 6.54 Å². The molecular formula is C15H24N6O3. The smallest absolute Gasteiger partial charge is 0.233 e. The SMILES string of the molecule is O=CN(O)CC(CC1CCCC1)C(=O)N1CCCC1c1nn[nH]n1. The van der Waals surface area contributed by atoms with Gasteiger partial charge >= 0.3 is 0 Å². The second-order valence-electron chi connectivity index (χ2n) is 6.77. The highest BCUT2D eigenvalue weighted by Gasteiger charge is 2.37. The number of hydrogen-bond donors (Lipinski definition) is 2. The number of H-pyrrole nitrogens is 1. The fourth-order valence-electron chi connectivity index (χ4n) is 4.01. The lowest BCUT2D eigenvalue weighted by atomic mass is 9.91. The number of nitrogens with zero attached hydrogens (tertiary/aromatic N) is 5. The molecule has 9 heteroatoms. The Morgan fingerprint density at radius 3 is 2.83 bits per heavy atom. The lowest BCUT2D eigenvalue weighted by Gasteiger charge is -2.29. The largest absolute Gasteiger partial charge is 0.332 e. The summed E-state index contributed by atoms with van der Waals surface area (Å²) < 4.78 is 0. The molecule has 1 aliphatic carbocycles. The van der Waals surface area contributed by atoms with E-state index in [9.17, 15) is 14.8 Å². The number of carbonyl (C=O) groups is 2. The summed E-state index contributed by atoms with van der Waals surface area (Å²) in [5.41, 5.74) is 0. The summed E-state index contributed by atoms with van der Waals surface area (Å²) in [5, 5.41) is 24.2. The van der Waals surface area contributed by atoms with Gasteiger partial charge in [-0.25, -0.2) is 5.06 Å². The third kappa shape index (κ3) is 3.72. The molecule has 2 fully saturated rings. The molecule has 1 aromatic heterocycles. The first-order chi connectivity index (χ1) is 11.7. The number of carbonyl (C=O) groups excluding carboxylic acids is 2. The molecule has 0 bridgehead atoms. The summed E-state index contributed by atoms with van der Waals surface area (Å²) in [6, 6.07) is -0.175. The van der Waals surface area contributed by atoms with E-state index in [0.29, 0.717) is 36.2 Å². The van der Waals surface area contributed by atoms with Crippen LogP contribution in [0.2, 0.25) is 0 Å². The van der Waals surface area contributed by atoms with E-state index >= 15 is 0 Å². The molecule has 0 aromatic carbocycles. The highest BCUT2D eigenvalue weighted by Crippen LogP contribution is 2.35. The van der Waals surface area contributed by atoms with Gasteiger partial charge in [-0.2, -0.15) is 5.21 Å². The van der Waals surface area contributed by atoms with Crippen molar-refractivity contribution >= 4 is 12.3 Å². The van der Waals surface area contributed by atoms with Gasteiger partial charge < -0.3 is 4.90 Å². The minimum atomic E-state index is -0.393. The molecule has 2 atom stereocenters. The lowest BCUT2D eigenvalue weighted by Crippen LogP contribution is -2.41. The zero-order valence-electron chi connectivity index (χ0n) is 13.7. The Labute approximate surface area is 140 Å². The summed E-state index contributed by atoms with van der Waals surface area (Å²) >= 11 is 0. The summed E-state index contributed by atoms with van der Waals surface area (Å²) in [6.07, 6.45) is 7.37. The van der Waals surface area contributed by atoms with Gasteiger partial charge in [-0.05, 0) is 25.2 Å². The van der Waals surface area contributed by atoms with Gasteiger partial charge in [0.05, 0.1) is 18.5 Å². The van der Waals surface area contributed by atoms with Crippen molar-refractivity contribution in [1.82, 2.24) is 30.6 Å². The van der Waals surface area contributed by atoms with Crippen LogP contribution in [0.15, 0.2) is 0 Å². The van der Waals surface area contributed by atoms with E-state index in [4.69, 9.17) is 0 Å². The van der Waals surface area contributed by atoms with Gasteiger partial charge in [-0.3, -0.25) is 14.8 Å². The van der Waals surface area contributed by atoms with Crippen molar-refractivity contribution in [2.45, 2.75) is 51.0 Å². The van der Waals surface area contributed by atoms with E-state index < -0.39 is 5.92 Å². The van der Waals surface area contributed by atoms with Crippen LogP contribution in [0.5, 0.6) is 0 Å². The Morgan fingerprint density at radius 2 is 2.17 bits per heavy atom. The van der Waals surface area contributed by atoms with Crippen LogP contribution in [0, 0.1) is 11.8 Å². The van der Waals surface area contributed by atoms with Crippen molar-refractivity contribution in [3.8, 4) is 0 Å². The molecule has 1 saturated carbocycles.